The van der Waals surface area contributed by atoms with Gasteiger partial charge in [0.1, 0.15) is 5.75 Å². The van der Waals surface area contributed by atoms with Gasteiger partial charge in [0.15, 0.2) is 0 Å². The Morgan fingerprint density at radius 2 is 2.14 bits per heavy atom. The van der Waals surface area contributed by atoms with Crippen molar-refractivity contribution in [2.75, 3.05) is 20.7 Å². The fourth-order valence-electron chi connectivity index (χ4n) is 3.65. The Bertz CT molecular complexity index is 474. The van der Waals surface area contributed by atoms with Crippen LogP contribution in [-0.4, -0.2) is 37.2 Å². The molecule has 3 heteroatoms. The fraction of sp³-hybridized carbons (Fsp3) is 0.667. The van der Waals surface area contributed by atoms with Gasteiger partial charge < -0.3 is 10.5 Å². The maximum absolute atomic E-state index is 6.23. The molecular weight excluding hydrogens is 260 g/mol. The molecule has 1 aromatic carbocycles. The number of nitrogens with zero attached hydrogens (tertiary/aromatic N) is 1. The molecule has 0 saturated heterocycles. The Kier molecular flexibility index (Phi) is 5.28. The standard InChI is InChI=1S/C18H30N2O/c1-5-6-14(2)20(3)18(13-19)10-9-15-7-8-17(21-4)11-16(15)12-18/h7-8,11,14H,5-6,9-10,12-13,19H2,1-4H3. The van der Waals surface area contributed by atoms with E-state index in [0.29, 0.717) is 12.6 Å². The third-order valence-corrected chi connectivity index (χ3v) is 5.29. The Morgan fingerprint density at radius 1 is 1.38 bits per heavy atom. The van der Waals surface area contributed by atoms with Crippen molar-refractivity contribution in [3.05, 3.63) is 29.3 Å². The third kappa shape index (κ3) is 3.24. The number of likely N-dealkylation sites (N-methyl/N-ethyl adjacent to an activating group) is 1. The van der Waals surface area contributed by atoms with Crippen molar-refractivity contribution in [2.24, 2.45) is 5.73 Å². The molecule has 2 N–H and O–H groups in total. The van der Waals surface area contributed by atoms with Gasteiger partial charge in [-0.25, -0.2) is 0 Å². The van der Waals surface area contributed by atoms with Crippen molar-refractivity contribution in [1.29, 1.82) is 0 Å². The average molecular weight is 290 g/mol. The lowest BCUT2D eigenvalue weighted by atomic mass is 9.76. The SMILES string of the molecule is CCCC(C)N(C)C1(CN)CCc2ccc(OC)cc2C1. The van der Waals surface area contributed by atoms with E-state index in [1.807, 2.05) is 0 Å². The van der Waals surface area contributed by atoms with Gasteiger partial charge in [0, 0.05) is 18.1 Å². The summed E-state index contributed by atoms with van der Waals surface area (Å²) in [5.41, 5.74) is 9.18. The highest BCUT2D eigenvalue weighted by Crippen LogP contribution is 2.35. The van der Waals surface area contributed by atoms with Crippen LogP contribution in [0.4, 0.5) is 0 Å². The molecule has 2 unspecified atom stereocenters. The fourth-order valence-corrected chi connectivity index (χ4v) is 3.65. The predicted octanol–water partition coefficient (Wildman–Crippen LogP) is 3.00. The Morgan fingerprint density at radius 3 is 2.76 bits per heavy atom. The predicted molar refractivity (Wildman–Crippen MR) is 88.9 cm³/mol. The largest absolute Gasteiger partial charge is 0.497 e. The van der Waals surface area contributed by atoms with Crippen molar-refractivity contribution in [3.63, 3.8) is 0 Å². The second kappa shape index (κ2) is 6.80. The van der Waals surface area contributed by atoms with E-state index in [9.17, 15) is 0 Å². The number of nitrogens with two attached hydrogens (primary N) is 1. The first kappa shape index (κ1) is 16.3. The zero-order chi connectivity index (χ0) is 15.5. The van der Waals surface area contributed by atoms with Crippen LogP contribution in [0.3, 0.4) is 0 Å². The van der Waals surface area contributed by atoms with Gasteiger partial charge in [0.25, 0.3) is 0 Å². The number of hydrogen-bond donors (Lipinski definition) is 1. The van der Waals surface area contributed by atoms with Gasteiger partial charge in [-0.3, -0.25) is 4.90 Å². The molecule has 3 nitrogen and oxygen atoms in total. The number of aryl methyl sites for hydroxylation is 1. The van der Waals surface area contributed by atoms with Crippen LogP contribution >= 0.6 is 0 Å². The summed E-state index contributed by atoms with van der Waals surface area (Å²) in [5.74, 6) is 0.950. The van der Waals surface area contributed by atoms with E-state index < -0.39 is 0 Å². The molecule has 0 spiro atoms. The van der Waals surface area contributed by atoms with Gasteiger partial charge in [-0.1, -0.05) is 19.4 Å². The minimum Gasteiger partial charge on any atom is -0.497 e. The third-order valence-electron chi connectivity index (χ3n) is 5.29. The molecule has 0 heterocycles. The number of methoxy groups -OCH3 is 1. The van der Waals surface area contributed by atoms with Crippen LogP contribution in [0.25, 0.3) is 0 Å². The molecule has 1 aliphatic rings. The van der Waals surface area contributed by atoms with E-state index in [1.54, 1.807) is 7.11 Å². The lowest BCUT2D eigenvalue weighted by Gasteiger charge is -2.47. The van der Waals surface area contributed by atoms with Gasteiger partial charge >= 0.3 is 0 Å². The molecule has 0 bridgehead atoms. The van der Waals surface area contributed by atoms with Gasteiger partial charge in [0.05, 0.1) is 7.11 Å². The smallest absolute Gasteiger partial charge is 0.119 e. The molecule has 0 saturated carbocycles. The summed E-state index contributed by atoms with van der Waals surface area (Å²) in [4.78, 5) is 2.53. The maximum atomic E-state index is 6.23. The van der Waals surface area contributed by atoms with E-state index in [-0.39, 0.29) is 5.54 Å². The summed E-state index contributed by atoms with van der Waals surface area (Å²) < 4.78 is 5.38. The number of hydrogen-bond acceptors (Lipinski definition) is 3. The van der Waals surface area contributed by atoms with Crippen molar-refractivity contribution < 1.29 is 4.74 Å². The van der Waals surface area contributed by atoms with E-state index in [2.05, 4.69) is 44.0 Å². The second-order valence-corrected chi connectivity index (χ2v) is 6.49. The molecule has 0 aromatic heterocycles. The van der Waals surface area contributed by atoms with Crippen molar-refractivity contribution in [3.8, 4) is 5.75 Å². The molecule has 0 fully saturated rings. The summed E-state index contributed by atoms with van der Waals surface area (Å²) in [6, 6.07) is 7.05. The normalized spacial score (nSPS) is 23.0. The van der Waals surface area contributed by atoms with Gasteiger partial charge in [-0.2, -0.15) is 0 Å². The molecule has 0 amide bonds. The van der Waals surface area contributed by atoms with E-state index in [1.165, 1.54) is 24.0 Å². The topological polar surface area (TPSA) is 38.5 Å². The molecule has 1 aliphatic carbocycles. The number of ether oxygens (including phenoxy) is 1. The Hall–Kier alpha value is -1.06. The highest BCUT2D eigenvalue weighted by Gasteiger charge is 2.38. The summed E-state index contributed by atoms with van der Waals surface area (Å²) in [6.45, 7) is 5.29. The minimum absolute atomic E-state index is 0.0912. The molecule has 2 rings (SSSR count). The first-order valence-electron chi connectivity index (χ1n) is 8.15. The first-order valence-corrected chi connectivity index (χ1v) is 8.15. The van der Waals surface area contributed by atoms with Crippen LogP contribution in [0.15, 0.2) is 18.2 Å². The molecular formula is C18H30N2O. The van der Waals surface area contributed by atoms with Gasteiger partial charge in [-0.15, -0.1) is 0 Å². The van der Waals surface area contributed by atoms with Crippen LogP contribution in [0.1, 0.15) is 44.2 Å². The van der Waals surface area contributed by atoms with E-state index >= 15 is 0 Å². The zero-order valence-electron chi connectivity index (χ0n) is 14.0. The number of benzene rings is 1. The quantitative estimate of drug-likeness (QED) is 0.875. The summed E-state index contributed by atoms with van der Waals surface area (Å²) in [6.07, 6.45) is 5.73. The highest BCUT2D eigenvalue weighted by atomic mass is 16.5. The lowest BCUT2D eigenvalue weighted by molar-refractivity contribution is 0.0666. The van der Waals surface area contributed by atoms with Crippen molar-refractivity contribution >= 4 is 0 Å². The van der Waals surface area contributed by atoms with Gasteiger partial charge in [-0.05, 0) is 62.9 Å². The van der Waals surface area contributed by atoms with Crippen LogP contribution in [-0.2, 0) is 12.8 Å². The molecule has 1 aromatic rings. The number of rotatable bonds is 6. The molecule has 0 aliphatic heterocycles. The highest BCUT2D eigenvalue weighted by molar-refractivity contribution is 5.39. The second-order valence-electron chi connectivity index (χ2n) is 6.49. The Labute approximate surface area is 129 Å². The van der Waals surface area contributed by atoms with Crippen LogP contribution in [0.5, 0.6) is 5.75 Å². The van der Waals surface area contributed by atoms with E-state index in [0.717, 1.165) is 25.0 Å². The maximum Gasteiger partial charge on any atom is 0.119 e. The molecule has 0 radical (unpaired) electrons. The van der Waals surface area contributed by atoms with Crippen molar-refractivity contribution in [2.45, 2.75) is 57.5 Å². The summed E-state index contributed by atoms with van der Waals surface area (Å²) in [5, 5.41) is 0. The Balaban J connectivity index is 2.26. The van der Waals surface area contributed by atoms with Crippen molar-refractivity contribution in [1.82, 2.24) is 4.90 Å². The van der Waals surface area contributed by atoms with Crippen LogP contribution < -0.4 is 10.5 Å². The molecule has 21 heavy (non-hydrogen) atoms. The zero-order valence-corrected chi connectivity index (χ0v) is 14.0. The van der Waals surface area contributed by atoms with Crippen LogP contribution in [0.2, 0.25) is 0 Å². The first-order chi connectivity index (χ1) is 10.1. The summed E-state index contributed by atoms with van der Waals surface area (Å²) in [7, 11) is 3.98. The van der Waals surface area contributed by atoms with E-state index in [4.69, 9.17) is 10.5 Å². The van der Waals surface area contributed by atoms with Gasteiger partial charge in [0.2, 0.25) is 0 Å². The average Bonchev–Trinajstić information content (AvgIpc) is 2.53. The minimum atomic E-state index is 0.0912. The monoisotopic (exact) mass is 290 g/mol. The van der Waals surface area contributed by atoms with Crippen LogP contribution in [0, 0.1) is 0 Å². The molecule has 2 atom stereocenters. The molecule has 118 valence electrons. The summed E-state index contributed by atoms with van der Waals surface area (Å²) >= 11 is 0. The lowest BCUT2D eigenvalue weighted by Crippen LogP contribution is -2.58. The number of fused-ring (bicyclic) bond motifs is 1.